The second-order valence-corrected chi connectivity index (χ2v) is 4.37. The average molecular weight is 220 g/mol. The first-order valence-corrected chi connectivity index (χ1v) is 5.91. The molecule has 3 N–H and O–H groups in total. The van der Waals surface area contributed by atoms with E-state index in [9.17, 15) is 0 Å². The van der Waals surface area contributed by atoms with Crippen molar-refractivity contribution in [2.24, 2.45) is 5.73 Å². The van der Waals surface area contributed by atoms with E-state index in [1.54, 1.807) is 7.11 Å². The quantitative estimate of drug-likeness (QED) is 0.813. The van der Waals surface area contributed by atoms with Gasteiger partial charge in [0.25, 0.3) is 0 Å². The van der Waals surface area contributed by atoms with Crippen molar-refractivity contribution in [3.8, 4) is 5.75 Å². The molecule has 1 heterocycles. The van der Waals surface area contributed by atoms with Crippen molar-refractivity contribution in [3.05, 3.63) is 29.8 Å². The second kappa shape index (κ2) is 4.85. The lowest BCUT2D eigenvalue weighted by atomic mass is 9.82. The van der Waals surface area contributed by atoms with E-state index in [0.29, 0.717) is 6.54 Å². The fourth-order valence-corrected chi connectivity index (χ4v) is 2.52. The van der Waals surface area contributed by atoms with Gasteiger partial charge >= 0.3 is 0 Å². The lowest BCUT2D eigenvalue weighted by Crippen LogP contribution is -2.51. The molecule has 1 atom stereocenters. The van der Waals surface area contributed by atoms with Crippen LogP contribution in [-0.4, -0.2) is 20.2 Å². The van der Waals surface area contributed by atoms with Gasteiger partial charge in [0.05, 0.1) is 12.6 Å². The Balaban J connectivity index is 2.38. The maximum absolute atomic E-state index is 5.98. The highest BCUT2D eigenvalue weighted by Crippen LogP contribution is 2.35. The van der Waals surface area contributed by atoms with Crippen LogP contribution in [-0.2, 0) is 5.54 Å². The summed E-state index contributed by atoms with van der Waals surface area (Å²) in [5.74, 6) is 0.933. The third-order valence-electron chi connectivity index (χ3n) is 3.46. The maximum Gasteiger partial charge on any atom is 0.123 e. The SMILES string of the molecule is COc1ccccc1C1(CN)CCCCN1. The Hall–Kier alpha value is -1.06. The van der Waals surface area contributed by atoms with Gasteiger partial charge in [-0.15, -0.1) is 0 Å². The minimum Gasteiger partial charge on any atom is -0.496 e. The van der Waals surface area contributed by atoms with Gasteiger partial charge in [0.15, 0.2) is 0 Å². The van der Waals surface area contributed by atoms with Gasteiger partial charge in [-0.1, -0.05) is 18.2 Å². The summed E-state index contributed by atoms with van der Waals surface area (Å²) in [6.45, 7) is 1.66. The standard InChI is InChI=1S/C13H20N2O/c1-16-12-7-3-2-6-11(12)13(10-14)8-4-5-9-15-13/h2-3,6-7,15H,4-5,8-10,14H2,1H3. The molecule has 1 fully saturated rings. The van der Waals surface area contributed by atoms with E-state index in [4.69, 9.17) is 10.5 Å². The molecule has 1 aliphatic heterocycles. The van der Waals surface area contributed by atoms with Crippen LogP contribution in [0.15, 0.2) is 24.3 Å². The summed E-state index contributed by atoms with van der Waals surface area (Å²) < 4.78 is 5.43. The topological polar surface area (TPSA) is 47.3 Å². The molecule has 3 heteroatoms. The van der Waals surface area contributed by atoms with Crippen LogP contribution in [0.4, 0.5) is 0 Å². The molecule has 2 rings (SSSR count). The number of piperidine rings is 1. The van der Waals surface area contributed by atoms with Gasteiger partial charge in [-0.3, -0.25) is 0 Å². The molecule has 0 aliphatic carbocycles. The van der Waals surface area contributed by atoms with Gasteiger partial charge in [0.2, 0.25) is 0 Å². The summed E-state index contributed by atoms with van der Waals surface area (Å²) in [5, 5.41) is 3.57. The largest absolute Gasteiger partial charge is 0.496 e. The van der Waals surface area contributed by atoms with E-state index >= 15 is 0 Å². The molecule has 0 amide bonds. The monoisotopic (exact) mass is 220 g/mol. The number of ether oxygens (including phenoxy) is 1. The summed E-state index contributed by atoms with van der Waals surface area (Å²) in [5.41, 5.74) is 7.08. The van der Waals surface area contributed by atoms with E-state index < -0.39 is 0 Å². The first-order valence-electron chi connectivity index (χ1n) is 5.91. The number of para-hydroxylation sites is 1. The summed E-state index contributed by atoms with van der Waals surface area (Å²) >= 11 is 0. The number of benzene rings is 1. The van der Waals surface area contributed by atoms with Crippen LogP contribution in [0.5, 0.6) is 5.75 Å². The Kier molecular flexibility index (Phi) is 3.46. The van der Waals surface area contributed by atoms with Crippen LogP contribution in [0.25, 0.3) is 0 Å². The van der Waals surface area contributed by atoms with Crippen LogP contribution in [0.3, 0.4) is 0 Å². The van der Waals surface area contributed by atoms with Gasteiger partial charge in [0.1, 0.15) is 5.75 Å². The number of hydrogen-bond acceptors (Lipinski definition) is 3. The number of hydrogen-bond donors (Lipinski definition) is 2. The van der Waals surface area contributed by atoms with Crippen molar-refractivity contribution < 1.29 is 4.74 Å². The first kappa shape index (κ1) is 11.4. The lowest BCUT2D eigenvalue weighted by Gasteiger charge is -2.38. The fourth-order valence-electron chi connectivity index (χ4n) is 2.52. The Labute approximate surface area is 97.0 Å². The average Bonchev–Trinajstić information content (AvgIpc) is 2.39. The zero-order valence-corrected chi connectivity index (χ0v) is 9.83. The van der Waals surface area contributed by atoms with Crippen LogP contribution in [0, 0.1) is 0 Å². The first-order chi connectivity index (χ1) is 7.82. The lowest BCUT2D eigenvalue weighted by molar-refractivity contribution is 0.256. The Morgan fingerprint density at radius 3 is 2.81 bits per heavy atom. The summed E-state index contributed by atoms with van der Waals surface area (Å²) in [7, 11) is 1.71. The molecule has 1 aromatic rings. The number of rotatable bonds is 3. The summed E-state index contributed by atoms with van der Waals surface area (Å²) in [6.07, 6.45) is 3.54. The molecule has 1 aliphatic rings. The minimum atomic E-state index is -0.0924. The van der Waals surface area contributed by atoms with Crippen LogP contribution in [0.1, 0.15) is 24.8 Å². The highest BCUT2D eigenvalue weighted by atomic mass is 16.5. The van der Waals surface area contributed by atoms with Crippen molar-refractivity contribution in [1.29, 1.82) is 0 Å². The van der Waals surface area contributed by atoms with Crippen molar-refractivity contribution in [2.75, 3.05) is 20.2 Å². The van der Waals surface area contributed by atoms with Gasteiger partial charge in [-0.05, 0) is 31.9 Å². The number of nitrogens with two attached hydrogens (primary N) is 1. The van der Waals surface area contributed by atoms with Crippen LogP contribution < -0.4 is 15.8 Å². The number of methoxy groups -OCH3 is 1. The molecule has 0 bridgehead atoms. The Morgan fingerprint density at radius 2 is 2.19 bits per heavy atom. The molecular formula is C13H20N2O. The molecule has 3 nitrogen and oxygen atoms in total. The predicted molar refractivity (Wildman–Crippen MR) is 65.6 cm³/mol. The zero-order valence-electron chi connectivity index (χ0n) is 9.83. The van der Waals surface area contributed by atoms with Gasteiger partial charge < -0.3 is 15.8 Å². The zero-order chi connectivity index (χ0) is 11.4. The highest BCUT2D eigenvalue weighted by Gasteiger charge is 2.34. The van der Waals surface area contributed by atoms with Gasteiger partial charge in [-0.2, -0.15) is 0 Å². The molecular weight excluding hydrogens is 200 g/mol. The van der Waals surface area contributed by atoms with Crippen LogP contribution in [0.2, 0.25) is 0 Å². The van der Waals surface area contributed by atoms with Gasteiger partial charge in [0, 0.05) is 12.1 Å². The number of nitrogens with one attached hydrogen (secondary N) is 1. The van der Waals surface area contributed by atoms with Crippen molar-refractivity contribution in [1.82, 2.24) is 5.32 Å². The third-order valence-corrected chi connectivity index (χ3v) is 3.46. The fraction of sp³-hybridized carbons (Fsp3) is 0.538. The normalized spacial score (nSPS) is 25.4. The summed E-state index contributed by atoms with van der Waals surface area (Å²) in [6, 6.07) is 8.16. The Bertz CT molecular complexity index is 346. The van der Waals surface area contributed by atoms with Crippen molar-refractivity contribution in [2.45, 2.75) is 24.8 Å². The minimum absolute atomic E-state index is 0.0924. The van der Waals surface area contributed by atoms with E-state index in [1.807, 2.05) is 18.2 Å². The Morgan fingerprint density at radius 1 is 1.38 bits per heavy atom. The molecule has 1 saturated heterocycles. The molecule has 0 saturated carbocycles. The summed E-state index contributed by atoms with van der Waals surface area (Å²) in [4.78, 5) is 0. The molecule has 88 valence electrons. The van der Waals surface area contributed by atoms with E-state index in [0.717, 1.165) is 18.7 Å². The van der Waals surface area contributed by atoms with Crippen LogP contribution >= 0.6 is 0 Å². The maximum atomic E-state index is 5.98. The van der Waals surface area contributed by atoms with E-state index in [-0.39, 0.29) is 5.54 Å². The molecule has 1 aromatic carbocycles. The predicted octanol–water partition coefficient (Wildman–Crippen LogP) is 1.62. The van der Waals surface area contributed by atoms with Gasteiger partial charge in [-0.25, -0.2) is 0 Å². The molecule has 16 heavy (non-hydrogen) atoms. The molecule has 0 spiro atoms. The van der Waals surface area contributed by atoms with E-state index in [1.165, 1.54) is 18.4 Å². The molecule has 0 radical (unpaired) electrons. The smallest absolute Gasteiger partial charge is 0.123 e. The second-order valence-electron chi connectivity index (χ2n) is 4.37. The highest BCUT2D eigenvalue weighted by molar-refractivity contribution is 5.39. The molecule has 0 aromatic heterocycles. The van der Waals surface area contributed by atoms with Crippen molar-refractivity contribution >= 4 is 0 Å². The molecule has 1 unspecified atom stereocenters. The van der Waals surface area contributed by atoms with Crippen molar-refractivity contribution in [3.63, 3.8) is 0 Å². The third kappa shape index (κ3) is 1.93. The van der Waals surface area contributed by atoms with E-state index in [2.05, 4.69) is 11.4 Å².